The predicted octanol–water partition coefficient (Wildman–Crippen LogP) is 11.9. The summed E-state index contributed by atoms with van der Waals surface area (Å²) in [4.78, 5) is 0. The van der Waals surface area contributed by atoms with Crippen molar-refractivity contribution in [2.45, 2.75) is 189 Å². The first-order valence-electron chi connectivity index (χ1n) is 18.0. The van der Waals surface area contributed by atoms with E-state index in [0.29, 0.717) is 0 Å². The minimum absolute atomic E-state index is 0.00165. The Labute approximate surface area is 245 Å². The first-order valence-corrected chi connectivity index (χ1v) is 21.0. The highest BCUT2D eigenvalue weighted by atomic mass is 31.1. The van der Waals surface area contributed by atoms with E-state index in [4.69, 9.17) is 0 Å². The molecular formula is C37H60P2. The van der Waals surface area contributed by atoms with Crippen LogP contribution in [0.25, 0.3) is 0 Å². The molecule has 39 heavy (non-hydrogen) atoms. The van der Waals surface area contributed by atoms with E-state index in [1.165, 1.54) is 122 Å². The average Bonchev–Trinajstić information content (AvgIpc) is 3.50. The van der Waals surface area contributed by atoms with Crippen LogP contribution in [0, 0.1) is 5.92 Å². The van der Waals surface area contributed by atoms with Gasteiger partial charge >= 0.3 is 0 Å². The molecule has 1 aromatic rings. The van der Waals surface area contributed by atoms with Gasteiger partial charge in [-0.1, -0.05) is 131 Å². The van der Waals surface area contributed by atoms with Crippen LogP contribution in [0.3, 0.4) is 0 Å². The number of hydrogen-bond donors (Lipinski definition) is 0. The van der Waals surface area contributed by atoms with Crippen LogP contribution < -0.4 is 5.30 Å². The number of benzene rings is 1. The van der Waals surface area contributed by atoms with Gasteiger partial charge in [-0.25, -0.2) is 0 Å². The van der Waals surface area contributed by atoms with Crippen molar-refractivity contribution in [3.05, 3.63) is 29.8 Å². The molecule has 2 heteroatoms. The van der Waals surface area contributed by atoms with E-state index in [9.17, 15) is 0 Å². The van der Waals surface area contributed by atoms with Crippen molar-refractivity contribution in [1.82, 2.24) is 0 Å². The summed E-state index contributed by atoms with van der Waals surface area (Å²) in [5.74, 6) is 1.83. The molecule has 1 aromatic carbocycles. The van der Waals surface area contributed by atoms with Crippen molar-refractivity contribution in [2.24, 2.45) is 5.92 Å². The third-order valence-electron chi connectivity index (χ3n) is 12.2. The van der Waals surface area contributed by atoms with Gasteiger partial charge in [0.25, 0.3) is 0 Å². The zero-order valence-corrected chi connectivity index (χ0v) is 27.3. The van der Waals surface area contributed by atoms with Crippen LogP contribution in [0.2, 0.25) is 0 Å². The van der Waals surface area contributed by atoms with E-state index in [2.05, 4.69) is 31.2 Å². The van der Waals surface area contributed by atoms with E-state index in [1.54, 1.807) is 25.7 Å². The first-order chi connectivity index (χ1) is 19.3. The highest BCUT2D eigenvalue weighted by Crippen LogP contribution is 2.64. The van der Waals surface area contributed by atoms with Crippen LogP contribution in [0.1, 0.15) is 166 Å². The summed E-state index contributed by atoms with van der Waals surface area (Å²) in [5.41, 5.74) is 7.13. The zero-order valence-electron chi connectivity index (χ0n) is 25.5. The lowest BCUT2D eigenvalue weighted by Gasteiger charge is -2.45. The Morgan fingerprint density at radius 2 is 0.974 bits per heavy atom. The molecule has 2 unspecified atom stereocenters. The van der Waals surface area contributed by atoms with Crippen LogP contribution in [0.4, 0.5) is 0 Å². The Morgan fingerprint density at radius 1 is 0.513 bits per heavy atom. The van der Waals surface area contributed by atoms with Crippen molar-refractivity contribution in [3.63, 3.8) is 0 Å². The fourth-order valence-corrected chi connectivity index (χ4v) is 19.0. The van der Waals surface area contributed by atoms with Gasteiger partial charge in [-0.3, -0.25) is 0 Å². The SMILES string of the molecule is C[C@H](C1CCCC1c1ccccc1P(C1CCCCC1)C1CCCCC1)P(C1CCCCC1)C1CCCCC1. The van der Waals surface area contributed by atoms with Gasteiger partial charge in [0.2, 0.25) is 0 Å². The van der Waals surface area contributed by atoms with Crippen molar-refractivity contribution in [1.29, 1.82) is 0 Å². The molecule has 0 saturated heterocycles. The molecule has 0 bridgehead atoms. The lowest BCUT2D eigenvalue weighted by atomic mass is 9.87. The Hall–Kier alpha value is 0.0800. The summed E-state index contributed by atoms with van der Waals surface area (Å²) >= 11 is 0. The molecule has 0 heterocycles. The van der Waals surface area contributed by atoms with Gasteiger partial charge in [-0.15, -0.1) is 0 Å². The molecule has 5 aliphatic rings. The maximum absolute atomic E-state index is 2.81. The summed E-state index contributed by atoms with van der Waals surface area (Å²) in [6.07, 6.45) is 35.2. The van der Waals surface area contributed by atoms with Crippen LogP contribution in [0.15, 0.2) is 24.3 Å². The van der Waals surface area contributed by atoms with E-state index < -0.39 is 0 Å². The molecule has 5 saturated carbocycles. The summed E-state index contributed by atoms with van der Waals surface area (Å²) in [6, 6.07) is 10.3. The van der Waals surface area contributed by atoms with Crippen molar-refractivity contribution < 1.29 is 0 Å². The summed E-state index contributed by atoms with van der Waals surface area (Å²) in [6.45, 7) is 2.81. The lowest BCUT2D eigenvalue weighted by molar-refractivity contribution is 0.446. The highest BCUT2D eigenvalue weighted by Gasteiger charge is 2.43. The lowest BCUT2D eigenvalue weighted by Crippen LogP contribution is -2.32. The van der Waals surface area contributed by atoms with Crippen molar-refractivity contribution in [3.8, 4) is 0 Å². The van der Waals surface area contributed by atoms with Crippen LogP contribution in [0.5, 0.6) is 0 Å². The standard InChI is InChI=1S/C37H60P2/c1-29(38(30-17-6-2-7-18-30)31-19-8-3-9-20-31)34-26-16-27-35(34)36-25-14-15-28-37(36)39(32-21-10-4-11-22-32)33-23-12-5-13-24-33/h14-15,25,28-35H,2-13,16-24,26-27H2,1H3/t29-,34?,35?/m1/s1. The normalized spacial score (nSPS) is 29.8. The third kappa shape index (κ3) is 6.85. The fraction of sp³-hybridized carbons (Fsp3) is 0.838. The van der Waals surface area contributed by atoms with E-state index in [1.807, 2.05) is 10.9 Å². The molecule has 0 radical (unpaired) electrons. The minimum atomic E-state index is -0.00165. The molecule has 0 N–H and O–H groups in total. The molecule has 0 aromatic heterocycles. The van der Waals surface area contributed by atoms with Gasteiger partial charge < -0.3 is 0 Å². The largest absolute Gasteiger partial charge is 0.0971 e. The quantitative estimate of drug-likeness (QED) is 0.275. The second-order valence-electron chi connectivity index (χ2n) is 14.5. The molecule has 0 aliphatic heterocycles. The van der Waals surface area contributed by atoms with Gasteiger partial charge in [0.15, 0.2) is 0 Å². The van der Waals surface area contributed by atoms with Gasteiger partial charge in [-0.2, -0.15) is 0 Å². The van der Waals surface area contributed by atoms with E-state index in [0.717, 1.165) is 40.1 Å². The molecular weight excluding hydrogens is 506 g/mol. The minimum Gasteiger partial charge on any atom is -0.0971 e. The molecule has 6 rings (SSSR count). The average molecular weight is 567 g/mol. The Morgan fingerprint density at radius 3 is 1.49 bits per heavy atom. The molecule has 0 spiro atoms. The van der Waals surface area contributed by atoms with Crippen LogP contribution >= 0.6 is 15.8 Å². The topological polar surface area (TPSA) is 0 Å². The summed E-state index contributed by atoms with van der Waals surface area (Å²) in [7, 11) is 0.168. The molecule has 0 amide bonds. The van der Waals surface area contributed by atoms with Crippen molar-refractivity contribution in [2.75, 3.05) is 0 Å². The third-order valence-corrected chi connectivity index (χ3v) is 19.8. The predicted molar refractivity (Wildman–Crippen MR) is 177 cm³/mol. The first kappa shape index (κ1) is 29.2. The monoisotopic (exact) mass is 566 g/mol. The second-order valence-corrected chi connectivity index (χ2v) is 20.4. The van der Waals surface area contributed by atoms with Crippen molar-refractivity contribution >= 4 is 21.1 Å². The van der Waals surface area contributed by atoms with Gasteiger partial charge in [-0.05, 0) is 115 Å². The summed E-state index contributed by atoms with van der Waals surface area (Å²) < 4.78 is 0. The van der Waals surface area contributed by atoms with Crippen LogP contribution in [-0.2, 0) is 0 Å². The van der Waals surface area contributed by atoms with E-state index in [-0.39, 0.29) is 15.8 Å². The van der Waals surface area contributed by atoms with Crippen LogP contribution in [-0.4, -0.2) is 28.3 Å². The Kier molecular flexibility index (Phi) is 10.8. The molecule has 0 nitrogen and oxygen atoms in total. The Balaban J connectivity index is 1.30. The number of rotatable bonds is 8. The maximum atomic E-state index is 2.81. The van der Waals surface area contributed by atoms with Gasteiger partial charge in [0, 0.05) is 0 Å². The van der Waals surface area contributed by atoms with Gasteiger partial charge in [0.1, 0.15) is 0 Å². The zero-order chi connectivity index (χ0) is 26.4. The van der Waals surface area contributed by atoms with Gasteiger partial charge in [0.05, 0.1) is 0 Å². The smallest absolute Gasteiger partial charge is 0.0121 e. The summed E-state index contributed by atoms with van der Waals surface area (Å²) in [5, 5.41) is 1.93. The molecule has 5 fully saturated rings. The molecule has 5 aliphatic carbocycles. The fourth-order valence-electron chi connectivity index (χ4n) is 10.3. The molecule has 218 valence electrons. The molecule has 3 atom stereocenters. The number of hydrogen-bond acceptors (Lipinski definition) is 0. The second kappa shape index (κ2) is 14.5. The Bertz CT molecular complexity index is 820. The maximum Gasteiger partial charge on any atom is -0.0121 e. The van der Waals surface area contributed by atoms with E-state index >= 15 is 0 Å². The highest BCUT2D eigenvalue weighted by molar-refractivity contribution is 7.67.